The van der Waals surface area contributed by atoms with Crippen LogP contribution in [0.1, 0.15) is 38.1 Å². The minimum Gasteiger partial charge on any atom is -0.385 e. The van der Waals surface area contributed by atoms with Gasteiger partial charge in [-0.3, -0.25) is 4.68 Å². The molecule has 1 unspecified atom stereocenters. The van der Waals surface area contributed by atoms with Gasteiger partial charge in [0.2, 0.25) is 0 Å². The largest absolute Gasteiger partial charge is 0.385 e. The maximum absolute atomic E-state index is 5.18. The highest BCUT2D eigenvalue weighted by Crippen LogP contribution is 2.09. The summed E-state index contributed by atoms with van der Waals surface area (Å²) in [5, 5.41) is 8.09. The average Bonchev–Trinajstić information content (AvgIpc) is 2.73. The van der Waals surface area contributed by atoms with E-state index in [0.29, 0.717) is 6.04 Å². The number of nitrogens with one attached hydrogen (secondary N) is 1. The van der Waals surface area contributed by atoms with E-state index in [2.05, 4.69) is 30.3 Å². The third kappa shape index (κ3) is 4.78. The summed E-state index contributed by atoms with van der Waals surface area (Å²) in [6.07, 6.45) is 4.23. The van der Waals surface area contributed by atoms with Crippen LogP contribution >= 0.6 is 0 Å². The van der Waals surface area contributed by atoms with Gasteiger partial charge in [-0.05, 0) is 31.9 Å². The Hall–Kier alpha value is -0.870. The SMILES string of the molecule is CCCNC(CCOC)Cc1cc(CC)nn1C. The van der Waals surface area contributed by atoms with Crippen molar-refractivity contribution in [1.82, 2.24) is 15.1 Å². The lowest BCUT2D eigenvalue weighted by Gasteiger charge is -2.18. The maximum atomic E-state index is 5.18. The van der Waals surface area contributed by atoms with E-state index in [4.69, 9.17) is 4.74 Å². The predicted molar refractivity (Wildman–Crippen MR) is 74.9 cm³/mol. The van der Waals surface area contributed by atoms with E-state index >= 15 is 0 Å². The predicted octanol–water partition coefficient (Wildman–Crippen LogP) is 1.93. The van der Waals surface area contributed by atoms with E-state index in [-0.39, 0.29) is 0 Å². The van der Waals surface area contributed by atoms with Gasteiger partial charge in [-0.2, -0.15) is 5.10 Å². The normalized spacial score (nSPS) is 12.9. The summed E-state index contributed by atoms with van der Waals surface area (Å²) >= 11 is 0. The van der Waals surface area contributed by atoms with Crippen molar-refractivity contribution in [3.05, 3.63) is 17.5 Å². The molecule has 0 aromatic carbocycles. The van der Waals surface area contributed by atoms with Gasteiger partial charge in [0.15, 0.2) is 0 Å². The second-order valence-electron chi connectivity index (χ2n) is 4.74. The summed E-state index contributed by atoms with van der Waals surface area (Å²) in [4.78, 5) is 0. The Morgan fingerprint density at radius 2 is 2.22 bits per heavy atom. The maximum Gasteiger partial charge on any atom is 0.0624 e. The van der Waals surface area contributed by atoms with Crippen molar-refractivity contribution in [2.75, 3.05) is 20.3 Å². The highest BCUT2D eigenvalue weighted by molar-refractivity contribution is 5.11. The second-order valence-corrected chi connectivity index (χ2v) is 4.74. The number of nitrogens with zero attached hydrogens (tertiary/aromatic N) is 2. The molecule has 0 amide bonds. The summed E-state index contributed by atoms with van der Waals surface area (Å²) in [7, 11) is 3.79. The molecule has 0 spiro atoms. The molecular weight excluding hydrogens is 226 g/mol. The molecule has 1 N–H and O–H groups in total. The zero-order chi connectivity index (χ0) is 13.4. The average molecular weight is 253 g/mol. The van der Waals surface area contributed by atoms with E-state index in [9.17, 15) is 0 Å². The van der Waals surface area contributed by atoms with Gasteiger partial charge in [0, 0.05) is 38.9 Å². The van der Waals surface area contributed by atoms with Crippen molar-refractivity contribution in [1.29, 1.82) is 0 Å². The molecule has 104 valence electrons. The van der Waals surface area contributed by atoms with Crippen LogP contribution in [-0.4, -0.2) is 36.1 Å². The van der Waals surface area contributed by atoms with Gasteiger partial charge in [0.1, 0.15) is 0 Å². The molecule has 0 saturated heterocycles. The van der Waals surface area contributed by atoms with Gasteiger partial charge in [-0.1, -0.05) is 13.8 Å². The number of hydrogen-bond acceptors (Lipinski definition) is 3. The number of rotatable bonds is 9. The van der Waals surface area contributed by atoms with Crippen molar-refractivity contribution in [2.24, 2.45) is 7.05 Å². The quantitative estimate of drug-likeness (QED) is 0.731. The molecule has 0 aliphatic carbocycles. The number of aromatic nitrogens is 2. The number of aryl methyl sites for hydroxylation is 2. The summed E-state index contributed by atoms with van der Waals surface area (Å²) in [5.74, 6) is 0. The first-order chi connectivity index (χ1) is 8.71. The van der Waals surface area contributed by atoms with E-state index in [1.165, 1.54) is 11.4 Å². The molecule has 4 heteroatoms. The van der Waals surface area contributed by atoms with Crippen LogP contribution < -0.4 is 5.32 Å². The fourth-order valence-electron chi connectivity index (χ4n) is 2.07. The van der Waals surface area contributed by atoms with Crippen molar-refractivity contribution in [3.8, 4) is 0 Å². The Balaban J connectivity index is 2.59. The van der Waals surface area contributed by atoms with Gasteiger partial charge in [-0.25, -0.2) is 0 Å². The van der Waals surface area contributed by atoms with Crippen molar-refractivity contribution >= 4 is 0 Å². The van der Waals surface area contributed by atoms with Crippen LogP contribution in [0.2, 0.25) is 0 Å². The molecule has 1 aromatic heterocycles. The molecule has 0 saturated carbocycles. The van der Waals surface area contributed by atoms with E-state index in [1.54, 1.807) is 7.11 Å². The summed E-state index contributed by atoms with van der Waals surface area (Å²) < 4.78 is 7.19. The molecule has 1 heterocycles. The first-order valence-electron chi connectivity index (χ1n) is 6.95. The Morgan fingerprint density at radius 1 is 1.44 bits per heavy atom. The van der Waals surface area contributed by atoms with Crippen LogP contribution in [0, 0.1) is 0 Å². The van der Waals surface area contributed by atoms with Crippen molar-refractivity contribution < 1.29 is 4.74 Å². The standard InChI is InChI=1S/C14H27N3O/c1-5-8-15-13(7-9-18-4)11-14-10-12(6-2)16-17(14)3/h10,13,15H,5-9,11H2,1-4H3. The molecule has 0 aliphatic rings. The minimum atomic E-state index is 0.477. The van der Waals surface area contributed by atoms with Crippen LogP contribution in [0.4, 0.5) is 0 Å². The van der Waals surface area contributed by atoms with Crippen LogP contribution in [-0.2, 0) is 24.6 Å². The molecule has 18 heavy (non-hydrogen) atoms. The Bertz CT molecular complexity index is 328. The lowest BCUT2D eigenvalue weighted by molar-refractivity contribution is 0.182. The second kappa shape index (κ2) is 8.27. The highest BCUT2D eigenvalue weighted by Gasteiger charge is 2.12. The third-order valence-electron chi connectivity index (χ3n) is 3.20. The lowest BCUT2D eigenvalue weighted by Crippen LogP contribution is -2.33. The smallest absolute Gasteiger partial charge is 0.0624 e. The zero-order valence-corrected chi connectivity index (χ0v) is 12.2. The highest BCUT2D eigenvalue weighted by atomic mass is 16.5. The van der Waals surface area contributed by atoms with Gasteiger partial charge >= 0.3 is 0 Å². The summed E-state index contributed by atoms with van der Waals surface area (Å²) in [5.41, 5.74) is 2.48. The molecule has 0 fully saturated rings. The summed E-state index contributed by atoms with van der Waals surface area (Å²) in [6.45, 7) is 6.20. The fourth-order valence-corrected chi connectivity index (χ4v) is 2.07. The van der Waals surface area contributed by atoms with E-state index in [1.807, 2.05) is 11.7 Å². The molecule has 4 nitrogen and oxygen atoms in total. The minimum absolute atomic E-state index is 0.477. The zero-order valence-electron chi connectivity index (χ0n) is 12.2. The van der Waals surface area contributed by atoms with Crippen LogP contribution in [0.15, 0.2) is 6.07 Å². The topological polar surface area (TPSA) is 39.1 Å². The Morgan fingerprint density at radius 3 is 2.78 bits per heavy atom. The molecule has 0 bridgehead atoms. The van der Waals surface area contributed by atoms with Gasteiger partial charge in [-0.15, -0.1) is 0 Å². The van der Waals surface area contributed by atoms with Gasteiger partial charge in [0.25, 0.3) is 0 Å². The molecule has 0 radical (unpaired) electrons. The molecule has 1 aromatic rings. The van der Waals surface area contributed by atoms with E-state index < -0.39 is 0 Å². The fraction of sp³-hybridized carbons (Fsp3) is 0.786. The first-order valence-corrected chi connectivity index (χ1v) is 6.95. The van der Waals surface area contributed by atoms with Gasteiger partial charge in [0.05, 0.1) is 5.69 Å². The number of ether oxygens (including phenoxy) is 1. The van der Waals surface area contributed by atoms with Crippen LogP contribution in [0.25, 0.3) is 0 Å². The van der Waals surface area contributed by atoms with Crippen molar-refractivity contribution in [3.63, 3.8) is 0 Å². The molecular formula is C14H27N3O. The number of hydrogen-bond donors (Lipinski definition) is 1. The molecule has 1 rings (SSSR count). The first kappa shape index (κ1) is 15.2. The van der Waals surface area contributed by atoms with Crippen LogP contribution in [0.5, 0.6) is 0 Å². The van der Waals surface area contributed by atoms with Gasteiger partial charge < -0.3 is 10.1 Å². The Kier molecular flexibility index (Phi) is 6.98. The van der Waals surface area contributed by atoms with Crippen LogP contribution in [0.3, 0.4) is 0 Å². The molecule has 0 aliphatic heterocycles. The lowest BCUT2D eigenvalue weighted by atomic mass is 10.1. The monoisotopic (exact) mass is 253 g/mol. The number of methoxy groups -OCH3 is 1. The third-order valence-corrected chi connectivity index (χ3v) is 3.20. The summed E-state index contributed by atoms with van der Waals surface area (Å²) in [6, 6.07) is 2.69. The van der Waals surface area contributed by atoms with E-state index in [0.717, 1.165) is 38.8 Å². The van der Waals surface area contributed by atoms with Crippen molar-refractivity contribution in [2.45, 2.75) is 45.6 Å². The molecule has 1 atom stereocenters. The Labute approximate surface area is 111 Å².